The third-order valence-electron chi connectivity index (χ3n) is 9.32. The van der Waals surface area contributed by atoms with Gasteiger partial charge in [0.1, 0.15) is 34.9 Å². The van der Waals surface area contributed by atoms with E-state index >= 15 is 0 Å². The quantitative estimate of drug-likeness (QED) is 0.145. The Morgan fingerprint density at radius 2 is 1.55 bits per heavy atom. The second kappa shape index (κ2) is 13.5. The number of thioether (sulfide) groups is 1. The van der Waals surface area contributed by atoms with E-state index in [1.165, 1.54) is 42.6 Å². The summed E-state index contributed by atoms with van der Waals surface area (Å²) >= 11 is 1.31. The predicted octanol–water partition coefficient (Wildman–Crippen LogP) is 0.653. The van der Waals surface area contributed by atoms with E-state index in [2.05, 4.69) is 5.32 Å². The topological polar surface area (TPSA) is 237 Å². The van der Waals surface area contributed by atoms with Crippen LogP contribution in [-0.2, 0) is 53.4 Å². The number of benzene rings is 2. The zero-order valence-corrected chi connectivity index (χ0v) is 30.7. The number of hydrogen-bond acceptors (Lipinski definition) is 13. The van der Waals surface area contributed by atoms with Gasteiger partial charge in [-0.05, 0) is 52.3 Å². The van der Waals surface area contributed by atoms with Crippen molar-refractivity contribution in [1.29, 1.82) is 0 Å². The van der Waals surface area contributed by atoms with E-state index in [0.717, 1.165) is 10.5 Å². The molecule has 0 bridgehead atoms. The van der Waals surface area contributed by atoms with Crippen molar-refractivity contribution in [2.24, 2.45) is 5.73 Å². The van der Waals surface area contributed by atoms with Crippen molar-refractivity contribution in [1.82, 2.24) is 15.1 Å². The van der Waals surface area contributed by atoms with E-state index in [4.69, 9.17) is 19.8 Å². The number of nitrogens with zero attached hydrogens (tertiary/aromatic N) is 2. The largest absolute Gasteiger partial charge is 0.426 e. The van der Waals surface area contributed by atoms with E-state index in [0.29, 0.717) is 5.56 Å². The number of hydrogen-bond donors (Lipinski definition) is 3. The normalized spacial score (nSPS) is 27.0. The van der Waals surface area contributed by atoms with Gasteiger partial charge in [-0.3, -0.25) is 18.9 Å². The highest BCUT2D eigenvalue weighted by molar-refractivity contribution is 8.01. The second-order valence-electron chi connectivity index (χ2n) is 13.5. The van der Waals surface area contributed by atoms with Crippen LogP contribution >= 0.6 is 11.8 Å². The minimum Gasteiger partial charge on any atom is -0.426 e. The number of sulfone groups is 1. The fourth-order valence-electron chi connectivity index (χ4n) is 6.40. The first-order chi connectivity index (χ1) is 23.6. The van der Waals surface area contributed by atoms with Gasteiger partial charge in [-0.2, -0.15) is 8.42 Å². The molecular formula is C32H38N4O12S3. The van der Waals surface area contributed by atoms with Crippen LogP contribution in [0.3, 0.4) is 0 Å². The van der Waals surface area contributed by atoms with Crippen molar-refractivity contribution in [3.05, 3.63) is 65.7 Å². The Labute approximate surface area is 299 Å². The highest BCUT2D eigenvalue weighted by Gasteiger charge is 2.68. The molecule has 2 aromatic carbocycles. The van der Waals surface area contributed by atoms with Gasteiger partial charge in [-0.1, -0.05) is 48.0 Å². The number of β-lactam (4-membered cyclic amide) rings is 2. The average Bonchev–Trinajstić information content (AvgIpc) is 3.38. The lowest BCUT2D eigenvalue weighted by Gasteiger charge is -2.44. The van der Waals surface area contributed by atoms with Crippen LogP contribution in [0.15, 0.2) is 59.5 Å². The summed E-state index contributed by atoms with van der Waals surface area (Å²) in [4.78, 5) is 65.8. The molecule has 4 fully saturated rings. The summed E-state index contributed by atoms with van der Waals surface area (Å²) < 4.78 is 62.9. The summed E-state index contributed by atoms with van der Waals surface area (Å²) in [6.45, 7) is 7.21. The molecule has 1 unspecified atom stereocenters. The molecule has 0 aromatic heterocycles. The van der Waals surface area contributed by atoms with Crippen LogP contribution in [0.5, 0.6) is 0 Å². The van der Waals surface area contributed by atoms with Gasteiger partial charge in [0.2, 0.25) is 24.5 Å². The number of carbonyl (C=O) groups excluding carboxylic acids is 5. The van der Waals surface area contributed by atoms with Gasteiger partial charge in [0.05, 0.1) is 16.1 Å². The molecule has 51 heavy (non-hydrogen) atoms. The van der Waals surface area contributed by atoms with Crippen molar-refractivity contribution >= 4 is 61.4 Å². The Kier molecular flexibility index (Phi) is 10.1. The molecule has 4 saturated heterocycles. The Morgan fingerprint density at radius 1 is 0.980 bits per heavy atom. The summed E-state index contributed by atoms with van der Waals surface area (Å²) in [5.74, 6) is -3.32. The predicted molar refractivity (Wildman–Crippen MR) is 181 cm³/mol. The van der Waals surface area contributed by atoms with Gasteiger partial charge < -0.3 is 30.3 Å². The van der Waals surface area contributed by atoms with E-state index in [9.17, 15) is 40.8 Å². The molecule has 0 spiro atoms. The highest BCUT2D eigenvalue weighted by atomic mass is 32.2. The first-order valence-corrected chi connectivity index (χ1v) is 19.5. The second-order valence-corrected chi connectivity index (χ2v) is 19.4. The fraction of sp³-hybridized carbons (Fsp3) is 0.469. The lowest BCUT2D eigenvalue weighted by molar-refractivity contribution is -0.181. The maximum Gasteiger partial charge on any atom is 0.333 e. The Hall–Kier alpha value is -4.04. The van der Waals surface area contributed by atoms with Crippen LogP contribution in [0.25, 0.3) is 0 Å². The Bertz CT molecular complexity index is 1970. The third-order valence-corrected chi connectivity index (χ3v) is 14.6. The van der Waals surface area contributed by atoms with Crippen molar-refractivity contribution in [3.8, 4) is 0 Å². The number of esters is 2. The molecule has 6 rings (SSSR count). The molecule has 4 aliphatic heterocycles. The Morgan fingerprint density at radius 3 is 2.10 bits per heavy atom. The minimum atomic E-state index is -4.02. The minimum absolute atomic E-state index is 0.0666. The molecule has 0 aliphatic carbocycles. The molecule has 0 saturated carbocycles. The van der Waals surface area contributed by atoms with E-state index < -0.39 is 101 Å². The van der Waals surface area contributed by atoms with Crippen molar-refractivity contribution < 1.29 is 54.8 Å². The van der Waals surface area contributed by atoms with Crippen molar-refractivity contribution in [3.63, 3.8) is 0 Å². The highest BCUT2D eigenvalue weighted by Crippen LogP contribution is 2.51. The standard InChI is InChI=1S/C25H30N4O9S2.C7H8O3S/c1-24(2)17(29-20(32)16(21(29)39-24)27-19(31)15(26)12-8-6-5-7-9-12)22(33)37-11-38-23(34)18-25(3,4)40(35,36)14-10-13(30)28(14)18;1-6-2-4-7(5-3-6)11(8,9)10/h5-9,14-18,21H,10-11,26H2,1-4H3,(H,27,31);2-5H,1H3,(H,8,9,10)/t14-,15-,16-,17?,18+,21-;/m1./s1. The molecular weight excluding hydrogens is 729 g/mol. The molecule has 4 N–H and O–H groups in total. The first kappa shape index (κ1) is 38.2. The lowest BCUT2D eigenvalue weighted by atomic mass is 9.95. The van der Waals surface area contributed by atoms with Crippen LogP contribution in [0.1, 0.15) is 51.3 Å². The first-order valence-electron chi connectivity index (χ1n) is 15.6. The molecule has 4 heterocycles. The van der Waals surface area contributed by atoms with Gasteiger partial charge in [-0.15, -0.1) is 11.8 Å². The van der Waals surface area contributed by atoms with Gasteiger partial charge in [0, 0.05) is 4.75 Å². The maximum absolute atomic E-state index is 13.0. The number of rotatable bonds is 8. The van der Waals surface area contributed by atoms with Gasteiger partial charge in [-0.25, -0.2) is 18.0 Å². The van der Waals surface area contributed by atoms with Gasteiger partial charge in [0.15, 0.2) is 9.84 Å². The number of ether oxygens (including phenoxy) is 2. The van der Waals surface area contributed by atoms with Crippen LogP contribution in [0.4, 0.5) is 0 Å². The molecule has 3 amide bonds. The number of nitrogens with two attached hydrogens (primary N) is 1. The molecule has 16 nitrogen and oxygen atoms in total. The maximum atomic E-state index is 13.0. The van der Waals surface area contributed by atoms with E-state index in [1.807, 2.05) is 6.92 Å². The van der Waals surface area contributed by atoms with Crippen LogP contribution in [-0.4, -0.2) is 106 Å². The summed E-state index contributed by atoms with van der Waals surface area (Å²) in [7, 11) is -7.82. The van der Waals surface area contributed by atoms with Crippen molar-refractivity contribution in [2.45, 2.75) is 90.3 Å². The summed E-state index contributed by atoms with van der Waals surface area (Å²) in [6, 6.07) is 10.4. The lowest BCUT2D eigenvalue weighted by Crippen LogP contribution is -2.71. The number of aryl methyl sites for hydroxylation is 1. The number of fused-ring (bicyclic) bond motifs is 2. The van der Waals surface area contributed by atoms with Crippen LogP contribution in [0.2, 0.25) is 0 Å². The van der Waals surface area contributed by atoms with E-state index in [-0.39, 0.29) is 11.3 Å². The fourth-order valence-corrected chi connectivity index (χ4v) is 10.6. The van der Waals surface area contributed by atoms with Crippen LogP contribution in [0, 0.1) is 6.92 Å². The SMILES string of the molecule is CC1(C)S[C@@H]2[C@H](NC(=O)[C@H](N)c3ccccc3)C(=O)N2C1C(=O)OCOC(=O)[C@@H]1N2C(=O)C[C@H]2S(=O)(=O)C1(C)C.Cc1ccc(S(=O)(=O)O)cc1. The molecule has 0 radical (unpaired) electrons. The summed E-state index contributed by atoms with van der Waals surface area (Å²) in [5, 5.41) is 1.07. The molecule has 4 aliphatic rings. The number of amides is 3. The smallest absolute Gasteiger partial charge is 0.333 e. The number of nitrogens with one attached hydrogen (secondary N) is 1. The molecule has 276 valence electrons. The summed E-state index contributed by atoms with van der Waals surface area (Å²) in [5.41, 5.74) is 7.59. The van der Waals surface area contributed by atoms with Gasteiger partial charge in [0.25, 0.3) is 10.1 Å². The van der Waals surface area contributed by atoms with Gasteiger partial charge >= 0.3 is 11.9 Å². The molecule has 6 atom stereocenters. The van der Waals surface area contributed by atoms with Crippen molar-refractivity contribution in [2.75, 3.05) is 6.79 Å². The monoisotopic (exact) mass is 766 g/mol. The molecule has 2 aromatic rings. The third kappa shape index (κ3) is 6.84. The zero-order valence-electron chi connectivity index (χ0n) is 28.2. The average molecular weight is 767 g/mol. The van der Waals surface area contributed by atoms with Crippen LogP contribution < -0.4 is 11.1 Å². The summed E-state index contributed by atoms with van der Waals surface area (Å²) in [6.07, 6.45) is -0.191. The number of carbonyl (C=O) groups is 5. The Balaban J connectivity index is 0.000000392. The molecule has 19 heteroatoms. The zero-order chi connectivity index (χ0) is 37.8. The van der Waals surface area contributed by atoms with E-state index in [1.54, 1.807) is 56.3 Å².